The third kappa shape index (κ3) is 3.29. The van der Waals surface area contributed by atoms with Gasteiger partial charge in [0.05, 0.1) is 25.5 Å². The number of nitrogens with zero attached hydrogens (tertiary/aromatic N) is 2. The lowest BCUT2D eigenvalue weighted by molar-refractivity contribution is -0.0459. The van der Waals surface area contributed by atoms with Crippen LogP contribution in [0.5, 0.6) is 0 Å². The Morgan fingerprint density at radius 1 is 1.52 bits per heavy atom. The second-order valence-electron chi connectivity index (χ2n) is 5.51. The van der Waals surface area contributed by atoms with Crippen LogP contribution in [-0.4, -0.2) is 38.6 Å². The van der Waals surface area contributed by atoms with Crippen molar-refractivity contribution < 1.29 is 19.4 Å². The van der Waals surface area contributed by atoms with Crippen molar-refractivity contribution in [2.45, 2.75) is 38.3 Å². The van der Waals surface area contributed by atoms with E-state index in [2.05, 4.69) is 10.3 Å². The first-order valence-electron chi connectivity index (χ1n) is 7.39. The minimum Gasteiger partial charge on any atom is -0.467 e. The molecule has 3 N–H and O–H groups in total. The molecular formula is C15H19N3O5. The number of aliphatic hydroxyl groups is 2. The van der Waals surface area contributed by atoms with E-state index in [0.717, 1.165) is 11.3 Å². The van der Waals surface area contributed by atoms with Gasteiger partial charge in [-0.05, 0) is 19.1 Å². The van der Waals surface area contributed by atoms with E-state index in [4.69, 9.17) is 14.3 Å². The van der Waals surface area contributed by atoms with Gasteiger partial charge >= 0.3 is 5.69 Å². The molecule has 1 fully saturated rings. The number of ether oxygens (including phenoxy) is 1. The SMILES string of the molecule is Cc1cn([C@H]2C[C@@H](O)[C@@H](CO)O2)c(=O)nc1NCc1ccco1. The van der Waals surface area contributed by atoms with Gasteiger partial charge in [-0.1, -0.05) is 0 Å². The molecule has 0 aromatic carbocycles. The third-order valence-corrected chi connectivity index (χ3v) is 3.84. The number of rotatable bonds is 5. The highest BCUT2D eigenvalue weighted by Gasteiger charge is 2.35. The zero-order valence-corrected chi connectivity index (χ0v) is 12.7. The number of hydrogen-bond donors (Lipinski definition) is 3. The maximum Gasteiger partial charge on any atom is 0.351 e. The number of nitrogens with one attached hydrogen (secondary N) is 1. The molecule has 0 saturated carbocycles. The second-order valence-corrected chi connectivity index (χ2v) is 5.51. The maximum atomic E-state index is 12.2. The highest BCUT2D eigenvalue weighted by molar-refractivity contribution is 5.41. The van der Waals surface area contributed by atoms with E-state index in [1.54, 1.807) is 18.5 Å². The van der Waals surface area contributed by atoms with Crippen molar-refractivity contribution in [3.05, 3.63) is 46.4 Å². The predicted molar refractivity (Wildman–Crippen MR) is 80.9 cm³/mol. The lowest BCUT2D eigenvalue weighted by Crippen LogP contribution is -2.29. The number of anilines is 1. The summed E-state index contributed by atoms with van der Waals surface area (Å²) in [4.78, 5) is 16.2. The fourth-order valence-corrected chi connectivity index (χ4v) is 2.59. The van der Waals surface area contributed by atoms with Gasteiger partial charge in [-0.2, -0.15) is 4.98 Å². The van der Waals surface area contributed by atoms with Crippen molar-refractivity contribution in [1.82, 2.24) is 9.55 Å². The molecule has 8 nitrogen and oxygen atoms in total. The molecular weight excluding hydrogens is 302 g/mol. The first-order valence-corrected chi connectivity index (χ1v) is 7.39. The van der Waals surface area contributed by atoms with E-state index < -0.39 is 24.1 Å². The molecule has 1 aliphatic rings. The van der Waals surface area contributed by atoms with Gasteiger partial charge in [0.1, 0.15) is 23.9 Å². The quantitative estimate of drug-likeness (QED) is 0.731. The lowest BCUT2D eigenvalue weighted by Gasteiger charge is -2.16. The Balaban J connectivity index is 1.76. The van der Waals surface area contributed by atoms with Crippen LogP contribution >= 0.6 is 0 Å². The lowest BCUT2D eigenvalue weighted by atomic mass is 10.2. The van der Waals surface area contributed by atoms with Crippen molar-refractivity contribution >= 4 is 5.82 Å². The van der Waals surface area contributed by atoms with Gasteiger partial charge < -0.3 is 24.7 Å². The van der Waals surface area contributed by atoms with Crippen LogP contribution in [0, 0.1) is 6.92 Å². The summed E-state index contributed by atoms with van der Waals surface area (Å²) in [6.07, 6.45) is 1.36. The number of furan rings is 1. The van der Waals surface area contributed by atoms with Crippen LogP contribution in [0.25, 0.3) is 0 Å². The first kappa shape index (κ1) is 15.7. The predicted octanol–water partition coefficient (Wildman–Crippen LogP) is 0.398. The van der Waals surface area contributed by atoms with Gasteiger partial charge in [0.2, 0.25) is 0 Å². The highest BCUT2D eigenvalue weighted by atomic mass is 16.5. The molecule has 1 aliphatic heterocycles. The molecule has 0 aliphatic carbocycles. The van der Waals surface area contributed by atoms with Crippen LogP contribution < -0.4 is 11.0 Å². The van der Waals surface area contributed by atoms with Crippen molar-refractivity contribution in [3.8, 4) is 0 Å². The van der Waals surface area contributed by atoms with Crippen LogP contribution in [0.2, 0.25) is 0 Å². The standard InChI is InChI=1S/C15H19N3O5/c1-9-7-18(13-5-11(20)12(8-19)23-13)15(21)17-14(9)16-6-10-3-2-4-22-10/h2-4,7,11-13,19-20H,5-6,8H2,1H3,(H,16,17,21)/t11-,12-,13-/m1/s1. The summed E-state index contributed by atoms with van der Waals surface area (Å²) < 4.78 is 12.1. The van der Waals surface area contributed by atoms with Crippen LogP contribution in [0.4, 0.5) is 5.82 Å². The van der Waals surface area contributed by atoms with E-state index >= 15 is 0 Å². The van der Waals surface area contributed by atoms with Crippen LogP contribution in [0.3, 0.4) is 0 Å². The Morgan fingerprint density at radius 3 is 3.00 bits per heavy atom. The maximum absolute atomic E-state index is 12.2. The van der Waals surface area contributed by atoms with Gasteiger partial charge in [0, 0.05) is 18.2 Å². The number of aromatic nitrogens is 2. The largest absolute Gasteiger partial charge is 0.467 e. The molecule has 2 aromatic heterocycles. The normalized spacial score (nSPS) is 24.0. The Kier molecular flexibility index (Phi) is 4.46. The average molecular weight is 321 g/mol. The minimum atomic E-state index is -0.797. The molecule has 0 spiro atoms. The van der Waals surface area contributed by atoms with Crippen molar-refractivity contribution in [1.29, 1.82) is 0 Å². The Bertz CT molecular complexity index is 712. The second kappa shape index (κ2) is 6.53. The molecule has 3 heterocycles. The number of aliphatic hydroxyl groups excluding tert-OH is 2. The molecule has 2 aromatic rings. The molecule has 0 radical (unpaired) electrons. The van der Waals surface area contributed by atoms with E-state index in [0.29, 0.717) is 12.4 Å². The molecule has 0 bridgehead atoms. The minimum absolute atomic E-state index is 0.241. The number of hydrogen-bond acceptors (Lipinski definition) is 7. The van der Waals surface area contributed by atoms with Gasteiger partial charge in [-0.25, -0.2) is 4.79 Å². The van der Waals surface area contributed by atoms with Crippen molar-refractivity contribution in [2.75, 3.05) is 11.9 Å². The summed E-state index contributed by atoms with van der Waals surface area (Å²) >= 11 is 0. The summed E-state index contributed by atoms with van der Waals surface area (Å²) in [5.74, 6) is 1.21. The average Bonchev–Trinajstić information content (AvgIpc) is 3.17. The summed E-state index contributed by atoms with van der Waals surface area (Å²) in [5, 5.41) is 22.0. The Hall–Kier alpha value is -2.16. The van der Waals surface area contributed by atoms with Gasteiger partial charge in [-0.3, -0.25) is 4.57 Å². The zero-order chi connectivity index (χ0) is 16.4. The summed E-state index contributed by atoms with van der Waals surface area (Å²) in [6, 6.07) is 3.61. The monoisotopic (exact) mass is 321 g/mol. The molecule has 1 saturated heterocycles. The Morgan fingerprint density at radius 2 is 2.35 bits per heavy atom. The molecule has 124 valence electrons. The third-order valence-electron chi connectivity index (χ3n) is 3.84. The Labute approximate surface area is 132 Å². The van der Waals surface area contributed by atoms with E-state index in [-0.39, 0.29) is 13.0 Å². The first-order chi connectivity index (χ1) is 11.1. The van der Waals surface area contributed by atoms with Gasteiger partial charge in [-0.15, -0.1) is 0 Å². The fourth-order valence-electron chi connectivity index (χ4n) is 2.59. The molecule has 0 unspecified atom stereocenters. The summed E-state index contributed by atoms with van der Waals surface area (Å²) in [5.41, 5.74) is 0.287. The van der Waals surface area contributed by atoms with E-state index in [1.807, 2.05) is 13.0 Å². The van der Waals surface area contributed by atoms with E-state index in [1.165, 1.54) is 4.57 Å². The topological polar surface area (TPSA) is 110 Å². The van der Waals surface area contributed by atoms with E-state index in [9.17, 15) is 9.90 Å². The molecule has 3 atom stereocenters. The molecule has 3 rings (SSSR count). The molecule has 8 heteroatoms. The summed E-state index contributed by atoms with van der Waals surface area (Å²) in [6.45, 7) is 1.96. The smallest absolute Gasteiger partial charge is 0.351 e. The summed E-state index contributed by atoms with van der Waals surface area (Å²) in [7, 11) is 0. The van der Waals surface area contributed by atoms with Crippen LogP contribution in [0.1, 0.15) is 24.0 Å². The van der Waals surface area contributed by atoms with Crippen molar-refractivity contribution in [3.63, 3.8) is 0 Å². The molecule has 0 amide bonds. The number of aryl methyl sites for hydroxylation is 1. The van der Waals surface area contributed by atoms with Crippen molar-refractivity contribution in [2.24, 2.45) is 0 Å². The van der Waals surface area contributed by atoms with Gasteiger partial charge in [0.15, 0.2) is 0 Å². The zero-order valence-electron chi connectivity index (χ0n) is 12.7. The molecule has 23 heavy (non-hydrogen) atoms. The van der Waals surface area contributed by atoms with Crippen LogP contribution in [-0.2, 0) is 11.3 Å². The van der Waals surface area contributed by atoms with Crippen LogP contribution in [0.15, 0.2) is 33.8 Å². The highest BCUT2D eigenvalue weighted by Crippen LogP contribution is 2.27. The van der Waals surface area contributed by atoms with Gasteiger partial charge in [0.25, 0.3) is 0 Å². The fraction of sp³-hybridized carbons (Fsp3) is 0.467.